The maximum atomic E-state index is 5.98. The van der Waals surface area contributed by atoms with Gasteiger partial charge in [-0.15, -0.1) is 0 Å². The highest BCUT2D eigenvalue weighted by Crippen LogP contribution is 2.15. The van der Waals surface area contributed by atoms with Crippen LogP contribution < -0.4 is 10.1 Å². The van der Waals surface area contributed by atoms with E-state index in [1.807, 2.05) is 12.1 Å². The van der Waals surface area contributed by atoms with E-state index < -0.39 is 0 Å². The van der Waals surface area contributed by atoms with Crippen LogP contribution in [-0.2, 0) is 11.2 Å². The van der Waals surface area contributed by atoms with Gasteiger partial charge in [-0.2, -0.15) is 0 Å². The summed E-state index contributed by atoms with van der Waals surface area (Å²) in [5.74, 6) is 0.943. The van der Waals surface area contributed by atoms with Crippen molar-refractivity contribution in [3.63, 3.8) is 0 Å². The number of hydrogen-bond donors (Lipinski definition) is 1. The Morgan fingerprint density at radius 2 is 1.84 bits per heavy atom. The Kier molecular flexibility index (Phi) is 7.53. The van der Waals surface area contributed by atoms with Gasteiger partial charge in [-0.05, 0) is 30.5 Å². The molecule has 1 aromatic carbocycles. The summed E-state index contributed by atoms with van der Waals surface area (Å²) in [5.41, 5.74) is 1.28. The molecular formula is C16H27NO2. The second-order valence-corrected chi connectivity index (χ2v) is 5.10. The van der Waals surface area contributed by atoms with E-state index in [4.69, 9.17) is 9.47 Å². The summed E-state index contributed by atoms with van der Waals surface area (Å²) in [6.07, 6.45) is 2.18. The molecule has 3 nitrogen and oxygen atoms in total. The first-order chi connectivity index (χ1) is 9.15. The normalized spacial score (nSPS) is 12.7. The fourth-order valence-corrected chi connectivity index (χ4v) is 1.78. The van der Waals surface area contributed by atoms with Gasteiger partial charge in [-0.25, -0.2) is 0 Å². The maximum Gasteiger partial charge on any atom is 0.119 e. The number of ether oxygens (including phenoxy) is 2. The van der Waals surface area contributed by atoms with Gasteiger partial charge in [0.15, 0.2) is 0 Å². The molecule has 0 aliphatic carbocycles. The first-order valence-corrected chi connectivity index (χ1v) is 7.13. The van der Waals surface area contributed by atoms with E-state index in [9.17, 15) is 0 Å². The SMILES string of the molecule is CCC(CNC(C)C)Oc1ccc(CCOC)cc1. The summed E-state index contributed by atoms with van der Waals surface area (Å²) >= 11 is 0. The average molecular weight is 265 g/mol. The quantitative estimate of drug-likeness (QED) is 0.744. The molecule has 19 heavy (non-hydrogen) atoms. The molecule has 3 heteroatoms. The molecule has 0 bridgehead atoms. The molecule has 0 spiro atoms. The molecule has 0 aromatic heterocycles. The molecule has 0 aliphatic heterocycles. The molecule has 1 N–H and O–H groups in total. The molecule has 108 valence electrons. The lowest BCUT2D eigenvalue weighted by molar-refractivity contribution is 0.190. The summed E-state index contributed by atoms with van der Waals surface area (Å²) < 4.78 is 11.1. The molecular weight excluding hydrogens is 238 g/mol. The second-order valence-electron chi connectivity index (χ2n) is 5.10. The second kappa shape index (κ2) is 8.94. The maximum absolute atomic E-state index is 5.98. The van der Waals surface area contributed by atoms with Gasteiger partial charge in [0.05, 0.1) is 6.61 Å². The minimum atomic E-state index is 0.229. The van der Waals surface area contributed by atoms with Gasteiger partial charge in [-0.1, -0.05) is 32.9 Å². The molecule has 0 fully saturated rings. The van der Waals surface area contributed by atoms with Crippen LogP contribution in [-0.4, -0.2) is 32.4 Å². The third-order valence-electron chi connectivity index (χ3n) is 3.03. The van der Waals surface area contributed by atoms with Crippen LogP contribution in [0.5, 0.6) is 5.75 Å². The van der Waals surface area contributed by atoms with Crippen molar-refractivity contribution >= 4 is 0 Å². The van der Waals surface area contributed by atoms with Crippen molar-refractivity contribution in [3.8, 4) is 5.75 Å². The predicted octanol–water partition coefficient (Wildman–Crippen LogP) is 3.03. The van der Waals surface area contributed by atoms with Gasteiger partial charge >= 0.3 is 0 Å². The van der Waals surface area contributed by atoms with Gasteiger partial charge in [0.25, 0.3) is 0 Å². The van der Waals surface area contributed by atoms with Crippen LogP contribution in [0.1, 0.15) is 32.8 Å². The monoisotopic (exact) mass is 265 g/mol. The topological polar surface area (TPSA) is 30.5 Å². The molecule has 1 aromatic rings. The molecule has 0 heterocycles. The van der Waals surface area contributed by atoms with Crippen LogP contribution in [0, 0.1) is 0 Å². The number of rotatable bonds is 9. The summed E-state index contributed by atoms with van der Waals surface area (Å²) in [4.78, 5) is 0. The summed E-state index contributed by atoms with van der Waals surface area (Å²) in [7, 11) is 1.73. The van der Waals surface area contributed by atoms with Gasteiger partial charge < -0.3 is 14.8 Å². The molecule has 0 saturated carbocycles. The minimum absolute atomic E-state index is 0.229. The number of nitrogens with one attached hydrogen (secondary N) is 1. The van der Waals surface area contributed by atoms with Crippen LogP contribution in [0.4, 0.5) is 0 Å². The van der Waals surface area contributed by atoms with Crippen molar-refractivity contribution in [2.75, 3.05) is 20.3 Å². The van der Waals surface area contributed by atoms with Crippen molar-refractivity contribution < 1.29 is 9.47 Å². The minimum Gasteiger partial charge on any atom is -0.489 e. The molecule has 0 aliphatic rings. The number of benzene rings is 1. The van der Waals surface area contributed by atoms with Crippen molar-refractivity contribution in [1.82, 2.24) is 5.32 Å². The summed E-state index contributed by atoms with van der Waals surface area (Å²) in [6.45, 7) is 8.10. The summed E-state index contributed by atoms with van der Waals surface area (Å²) in [5, 5.41) is 3.41. The van der Waals surface area contributed by atoms with E-state index in [0.717, 1.165) is 31.7 Å². The highest BCUT2D eigenvalue weighted by atomic mass is 16.5. The van der Waals surface area contributed by atoms with Crippen LogP contribution in [0.3, 0.4) is 0 Å². The molecule has 0 saturated heterocycles. The first kappa shape index (κ1) is 16.0. The van der Waals surface area contributed by atoms with Gasteiger partial charge in [-0.3, -0.25) is 0 Å². The largest absolute Gasteiger partial charge is 0.489 e. The van der Waals surface area contributed by atoms with Crippen LogP contribution in [0.2, 0.25) is 0 Å². The van der Waals surface area contributed by atoms with E-state index in [2.05, 4.69) is 38.2 Å². The van der Waals surface area contributed by atoms with E-state index in [0.29, 0.717) is 6.04 Å². The highest BCUT2D eigenvalue weighted by molar-refractivity contribution is 5.27. The summed E-state index contributed by atoms with van der Waals surface area (Å²) in [6, 6.07) is 8.80. The zero-order valence-electron chi connectivity index (χ0n) is 12.6. The van der Waals surface area contributed by atoms with Crippen molar-refractivity contribution in [1.29, 1.82) is 0 Å². The molecule has 1 rings (SSSR count). The van der Waals surface area contributed by atoms with E-state index >= 15 is 0 Å². The Labute approximate surface area is 117 Å². The Balaban J connectivity index is 2.45. The third-order valence-corrected chi connectivity index (χ3v) is 3.03. The number of hydrogen-bond acceptors (Lipinski definition) is 3. The van der Waals surface area contributed by atoms with Gasteiger partial charge in [0.2, 0.25) is 0 Å². The van der Waals surface area contributed by atoms with E-state index in [1.54, 1.807) is 7.11 Å². The Morgan fingerprint density at radius 3 is 2.37 bits per heavy atom. The number of methoxy groups -OCH3 is 1. The third kappa shape index (κ3) is 6.60. The van der Waals surface area contributed by atoms with Crippen molar-refractivity contribution in [2.45, 2.75) is 45.8 Å². The van der Waals surface area contributed by atoms with Gasteiger partial charge in [0, 0.05) is 19.7 Å². The fourth-order valence-electron chi connectivity index (χ4n) is 1.78. The van der Waals surface area contributed by atoms with Crippen LogP contribution in [0.25, 0.3) is 0 Å². The molecule has 1 atom stereocenters. The molecule has 0 amide bonds. The Bertz CT molecular complexity index is 335. The highest BCUT2D eigenvalue weighted by Gasteiger charge is 2.08. The average Bonchev–Trinajstić information content (AvgIpc) is 2.42. The lowest BCUT2D eigenvalue weighted by Crippen LogP contribution is -2.34. The molecule has 0 radical (unpaired) electrons. The Hall–Kier alpha value is -1.06. The lowest BCUT2D eigenvalue weighted by Gasteiger charge is -2.19. The first-order valence-electron chi connectivity index (χ1n) is 7.13. The van der Waals surface area contributed by atoms with Crippen LogP contribution >= 0.6 is 0 Å². The standard InChI is InChI=1S/C16H27NO2/c1-5-15(12-17-13(2)3)19-16-8-6-14(7-9-16)10-11-18-4/h6-9,13,15,17H,5,10-12H2,1-4H3. The smallest absolute Gasteiger partial charge is 0.119 e. The van der Waals surface area contributed by atoms with Crippen LogP contribution in [0.15, 0.2) is 24.3 Å². The van der Waals surface area contributed by atoms with E-state index in [-0.39, 0.29) is 6.10 Å². The Morgan fingerprint density at radius 1 is 1.16 bits per heavy atom. The zero-order chi connectivity index (χ0) is 14.1. The molecule has 1 unspecified atom stereocenters. The zero-order valence-corrected chi connectivity index (χ0v) is 12.6. The van der Waals surface area contributed by atoms with Crippen molar-refractivity contribution in [3.05, 3.63) is 29.8 Å². The van der Waals surface area contributed by atoms with Gasteiger partial charge in [0.1, 0.15) is 11.9 Å². The fraction of sp³-hybridized carbons (Fsp3) is 0.625. The lowest BCUT2D eigenvalue weighted by atomic mass is 10.1. The van der Waals surface area contributed by atoms with Crippen molar-refractivity contribution in [2.24, 2.45) is 0 Å². The predicted molar refractivity (Wildman–Crippen MR) is 79.9 cm³/mol. The van der Waals surface area contributed by atoms with E-state index in [1.165, 1.54) is 5.56 Å².